The molecular formula is C17H28N2O. The van der Waals surface area contributed by atoms with E-state index in [0.29, 0.717) is 12.2 Å². The van der Waals surface area contributed by atoms with Crippen molar-refractivity contribution in [1.29, 1.82) is 0 Å². The molecule has 0 radical (unpaired) electrons. The van der Waals surface area contributed by atoms with Crippen LogP contribution in [-0.2, 0) is 17.7 Å². The van der Waals surface area contributed by atoms with Gasteiger partial charge in [-0.25, -0.2) is 0 Å². The Labute approximate surface area is 123 Å². The summed E-state index contributed by atoms with van der Waals surface area (Å²) in [6.07, 6.45) is 1.79. The Morgan fingerprint density at radius 2 is 1.80 bits per heavy atom. The van der Waals surface area contributed by atoms with Crippen LogP contribution in [0.2, 0.25) is 0 Å². The molecular weight excluding hydrogens is 248 g/mol. The van der Waals surface area contributed by atoms with Gasteiger partial charge < -0.3 is 10.1 Å². The maximum Gasteiger partial charge on any atom is 0.0678 e. The molecule has 112 valence electrons. The van der Waals surface area contributed by atoms with E-state index in [0.717, 1.165) is 39.1 Å². The van der Waals surface area contributed by atoms with Gasteiger partial charge in [0.1, 0.15) is 0 Å². The van der Waals surface area contributed by atoms with Crippen molar-refractivity contribution in [3.05, 3.63) is 35.4 Å². The lowest BCUT2D eigenvalue weighted by atomic mass is 10.0. The van der Waals surface area contributed by atoms with Crippen LogP contribution in [0.15, 0.2) is 24.3 Å². The zero-order valence-electron chi connectivity index (χ0n) is 13.1. The predicted octanol–water partition coefficient (Wildman–Crippen LogP) is 2.45. The molecule has 0 amide bonds. The molecule has 1 aromatic rings. The highest BCUT2D eigenvalue weighted by Crippen LogP contribution is 2.17. The van der Waals surface area contributed by atoms with E-state index in [-0.39, 0.29) is 0 Å². The summed E-state index contributed by atoms with van der Waals surface area (Å²) in [5.41, 5.74) is 2.94. The quantitative estimate of drug-likeness (QED) is 0.808. The SMILES string of the molecule is CCNCCc1ccccc1CN1C[C@@H](C)O[C@@H](C)C1. The fraction of sp³-hybridized carbons (Fsp3) is 0.647. The van der Waals surface area contributed by atoms with Crippen molar-refractivity contribution in [1.82, 2.24) is 10.2 Å². The van der Waals surface area contributed by atoms with Crippen molar-refractivity contribution in [2.24, 2.45) is 0 Å². The molecule has 1 N–H and O–H groups in total. The number of rotatable bonds is 6. The summed E-state index contributed by atoms with van der Waals surface area (Å²) in [6.45, 7) is 11.7. The minimum atomic E-state index is 0.340. The average molecular weight is 276 g/mol. The number of ether oxygens (including phenoxy) is 1. The molecule has 0 saturated carbocycles. The molecule has 3 heteroatoms. The lowest BCUT2D eigenvalue weighted by Gasteiger charge is -2.35. The van der Waals surface area contributed by atoms with Gasteiger partial charge in [0.15, 0.2) is 0 Å². The van der Waals surface area contributed by atoms with Crippen molar-refractivity contribution in [2.45, 2.75) is 45.9 Å². The molecule has 0 bridgehead atoms. The third kappa shape index (κ3) is 4.58. The van der Waals surface area contributed by atoms with Gasteiger partial charge in [-0.05, 0) is 44.5 Å². The van der Waals surface area contributed by atoms with Gasteiger partial charge in [-0.1, -0.05) is 31.2 Å². The second-order valence-electron chi connectivity index (χ2n) is 5.82. The summed E-state index contributed by atoms with van der Waals surface area (Å²) < 4.78 is 5.81. The maximum atomic E-state index is 5.81. The van der Waals surface area contributed by atoms with E-state index in [1.807, 2.05) is 0 Å². The number of nitrogens with one attached hydrogen (secondary N) is 1. The fourth-order valence-corrected chi connectivity index (χ4v) is 3.01. The summed E-state index contributed by atoms with van der Waals surface area (Å²) in [7, 11) is 0. The fourth-order valence-electron chi connectivity index (χ4n) is 3.01. The highest BCUT2D eigenvalue weighted by atomic mass is 16.5. The van der Waals surface area contributed by atoms with Gasteiger partial charge in [0.05, 0.1) is 12.2 Å². The van der Waals surface area contributed by atoms with E-state index in [1.54, 1.807) is 0 Å². The van der Waals surface area contributed by atoms with Crippen molar-refractivity contribution in [2.75, 3.05) is 26.2 Å². The van der Waals surface area contributed by atoms with Crippen LogP contribution in [0.25, 0.3) is 0 Å². The third-order valence-corrected chi connectivity index (χ3v) is 3.83. The number of likely N-dealkylation sites (N-methyl/N-ethyl adjacent to an activating group) is 1. The van der Waals surface area contributed by atoms with E-state index in [4.69, 9.17) is 4.74 Å². The Morgan fingerprint density at radius 3 is 2.45 bits per heavy atom. The Bertz CT molecular complexity index is 398. The smallest absolute Gasteiger partial charge is 0.0678 e. The molecule has 0 unspecified atom stereocenters. The Balaban J connectivity index is 1.97. The van der Waals surface area contributed by atoms with E-state index in [1.165, 1.54) is 11.1 Å². The highest BCUT2D eigenvalue weighted by molar-refractivity contribution is 5.27. The van der Waals surface area contributed by atoms with Crippen molar-refractivity contribution in [3.8, 4) is 0 Å². The molecule has 3 nitrogen and oxygen atoms in total. The molecule has 0 aromatic heterocycles. The van der Waals surface area contributed by atoms with E-state index in [2.05, 4.69) is 55.3 Å². The molecule has 2 atom stereocenters. The second-order valence-corrected chi connectivity index (χ2v) is 5.82. The van der Waals surface area contributed by atoms with Crippen LogP contribution < -0.4 is 5.32 Å². The zero-order chi connectivity index (χ0) is 14.4. The first-order chi connectivity index (χ1) is 9.69. The Morgan fingerprint density at radius 1 is 1.15 bits per heavy atom. The third-order valence-electron chi connectivity index (χ3n) is 3.83. The Hall–Kier alpha value is -0.900. The summed E-state index contributed by atoms with van der Waals surface area (Å²) in [4.78, 5) is 2.52. The number of morpholine rings is 1. The minimum absolute atomic E-state index is 0.340. The van der Waals surface area contributed by atoms with Crippen molar-refractivity contribution in [3.63, 3.8) is 0 Å². The standard InChI is InChI=1S/C17H28N2O/c1-4-18-10-9-16-7-5-6-8-17(16)13-19-11-14(2)20-15(3)12-19/h5-8,14-15,18H,4,9-13H2,1-3H3/t14-,15+. The first-order valence-corrected chi connectivity index (χ1v) is 7.84. The predicted molar refractivity (Wildman–Crippen MR) is 84.0 cm³/mol. The number of benzene rings is 1. The van der Waals surface area contributed by atoms with Gasteiger partial charge in [-0.2, -0.15) is 0 Å². The Kier molecular flexibility index (Phi) is 6.02. The molecule has 1 aliphatic rings. The van der Waals surface area contributed by atoms with Gasteiger partial charge in [-0.3, -0.25) is 4.90 Å². The van der Waals surface area contributed by atoms with E-state index < -0.39 is 0 Å². The summed E-state index contributed by atoms with van der Waals surface area (Å²) in [6, 6.07) is 8.83. The average Bonchev–Trinajstić information content (AvgIpc) is 2.40. The number of hydrogen-bond acceptors (Lipinski definition) is 3. The minimum Gasteiger partial charge on any atom is -0.373 e. The van der Waals surface area contributed by atoms with Crippen LogP contribution in [-0.4, -0.2) is 43.3 Å². The van der Waals surface area contributed by atoms with Crippen LogP contribution in [0.4, 0.5) is 0 Å². The normalized spacial score (nSPS) is 23.9. The van der Waals surface area contributed by atoms with Crippen molar-refractivity contribution >= 4 is 0 Å². The molecule has 0 aliphatic carbocycles. The molecule has 1 heterocycles. The number of hydrogen-bond donors (Lipinski definition) is 1. The largest absolute Gasteiger partial charge is 0.373 e. The lowest BCUT2D eigenvalue weighted by molar-refractivity contribution is -0.0705. The molecule has 1 aromatic carbocycles. The summed E-state index contributed by atoms with van der Waals surface area (Å²) in [5, 5.41) is 3.41. The first kappa shape index (κ1) is 15.5. The molecule has 0 spiro atoms. The van der Waals surface area contributed by atoms with Crippen molar-refractivity contribution < 1.29 is 4.74 Å². The van der Waals surface area contributed by atoms with Gasteiger partial charge in [0.2, 0.25) is 0 Å². The second kappa shape index (κ2) is 7.77. The van der Waals surface area contributed by atoms with Crippen LogP contribution in [0, 0.1) is 0 Å². The molecule has 20 heavy (non-hydrogen) atoms. The lowest BCUT2D eigenvalue weighted by Crippen LogP contribution is -2.44. The van der Waals surface area contributed by atoms with E-state index >= 15 is 0 Å². The topological polar surface area (TPSA) is 24.5 Å². The molecule has 1 aliphatic heterocycles. The maximum absolute atomic E-state index is 5.81. The molecule has 1 fully saturated rings. The summed E-state index contributed by atoms with van der Waals surface area (Å²) in [5.74, 6) is 0. The summed E-state index contributed by atoms with van der Waals surface area (Å²) >= 11 is 0. The highest BCUT2D eigenvalue weighted by Gasteiger charge is 2.22. The zero-order valence-corrected chi connectivity index (χ0v) is 13.1. The van der Waals surface area contributed by atoms with Gasteiger partial charge in [0.25, 0.3) is 0 Å². The van der Waals surface area contributed by atoms with Crippen LogP contribution in [0.3, 0.4) is 0 Å². The molecule has 1 saturated heterocycles. The van der Waals surface area contributed by atoms with E-state index in [9.17, 15) is 0 Å². The van der Waals surface area contributed by atoms with Crippen LogP contribution >= 0.6 is 0 Å². The van der Waals surface area contributed by atoms with Gasteiger partial charge in [0, 0.05) is 19.6 Å². The number of nitrogens with zero attached hydrogens (tertiary/aromatic N) is 1. The van der Waals surface area contributed by atoms with Gasteiger partial charge >= 0.3 is 0 Å². The monoisotopic (exact) mass is 276 g/mol. The van der Waals surface area contributed by atoms with Crippen LogP contribution in [0.1, 0.15) is 31.9 Å². The molecule has 2 rings (SSSR count). The first-order valence-electron chi connectivity index (χ1n) is 7.84. The van der Waals surface area contributed by atoms with Crippen LogP contribution in [0.5, 0.6) is 0 Å². The van der Waals surface area contributed by atoms with Gasteiger partial charge in [-0.15, -0.1) is 0 Å².